The molecule has 0 radical (unpaired) electrons. The van der Waals surface area contributed by atoms with E-state index in [0.29, 0.717) is 11.3 Å². The summed E-state index contributed by atoms with van der Waals surface area (Å²) in [6.45, 7) is 1.88. The van der Waals surface area contributed by atoms with Gasteiger partial charge >= 0.3 is 0 Å². The summed E-state index contributed by atoms with van der Waals surface area (Å²) in [4.78, 5) is 0. The number of benzene rings is 2. The molecule has 2 rings (SSSR count). The zero-order valence-corrected chi connectivity index (χ0v) is 10.3. The molecule has 2 aromatic carbocycles. The molecule has 0 aliphatic heterocycles. The van der Waals surface area contributed by atoms with Crippen molar-refractivity contribution in [1.82, 2.24) is 0 Å². The van der Waals surface area contributed by atoms with Crippen molar-refractivity contribution in [2.45, 2.75) is 13.0 Å². The summed E-state index contributed by atoms with van der Waals surface area (Å²) >= 11 is 0. The van der Waals surface area contributed by atoms with E-state index in [0.717, 1.165) is 11.6 Å². The first-order chi connectivity index (χ1) is 9.08. The van der Waals surface area contributed by atoms with Crippen LogP contribution in [0.25, 0.3) is 0 Å². The van der Waals surface area contributed by atoms with Gasteiger partial charge in [0, 0.05) is 17.8 Å². The van der Waals surface area contributed by atoms with Crippen LogP contribution in [0.5, 0.6) is 0 Å². The maximum absolute atomic E-state index is 13.1. The molecule has 2 nitrogen and oxygen atoms in total. The van der Waals surface area contributed by atoms with Crippen LogP contribution in [0.15, 0.2) is 42.5 Å². The second-order valence-electron chi connectivity index (χ2n) is 4.26. The molecule has 0 heterocycles. The van der Waals surface area contributed by atoms with E-state index < -0.39 is 11.6 Å². The van der Waals surface area contributed by atoms with E-state index in [1.54, 1.807) is 12.1 Å². The Morgan fingerprint density at radius 3 is 2.16 bits per heavy atom. The van der Waals surface area contributed by atoms with Crippen LogP contribution in [0, 0.1) is 23.0 Å². The van der Waals surface area contributed by atoms with Crippen molar-refractivity contribution < 1.29 is 8.78 Å². The van der Waals surface area contributed by atoms with E-state index in [4.69, 9.17) is 5.26 Å². The highest BCUT2D eigenvalue weighted by atomic mass is 19.1. The molecule has 0 amide bonds. The topological polar surface area (TPSA) is 35.8 Å². The standard InChI is InChI=1S/C15H12F2N2/c1-10(12-4-2-11(9-18)3-5-12)19-15-7-13(16)6-14(17)8-15/h2-8,10,19H,1H3. The van der Waals surface area contributed by atoms with Gasteiger partial charge in [-0.05, 0) is 36.8 Å². The Hall–Kier alpha value is -2.41. The van der Waals surface area contributed by atoms with Crippen molar-refractivity contribution in [3.05, 3.63) is 65.2 Å². The van der Waals surface area contributed by atoms with E-state index in [2.05, 4.69) is 5.32 Å². The van der Waals surface area contributed by atoms with Crippen LogP contribution >= 0.6 is 0 Å². The molecule has 0 aliphatic carbocycles. The van der Waals surface area contributed by atoms with Gasteiger partial charge in [-0.25, -0.2) is 8.78 Å². The Balaban J connectivity index is 2.15. The normalized spacial score (nSPS) is 11.7. The van der Waals surface area contributed by atoms with Gasteiger partial charge in [0.2, 0.25) is 0 Å². The smallest absolute Gasteiger partial charge is 0.128 e. The lowest BCUT2D eigenvalue weighted by molar-refractivity contribution is 0.583. The molecule has 0 fully saturated rings. The van der Waals surface area contributed by atoms with Gasteiger partial charge in [-0.1, -0.05) is 12.1 Å². The molecule has 0 spiro atoms. The molecular formula is C15H12F2N2. The minimum absolute atomic E-state index is 0.117. The summed E-state index contributed by atoms with van der Waals surface area (Å²) in [5.74, 6) is -1.23. The minimum Gasteiger partial charge on any atom is -0.378 e. The molecule has 1 N–H and O–H groups in total. The van der Waals surface area contributed by atoms with Crippen molar-refractivity contribution >= 4 is 5.69 Å². The summed E-state index contributed by atoms with van der Waals surface area (Å²) in [5, 5.41) is 11.7. The van der Waals surface area contributed by atoms with Crippen LogP contribution in [0.4, 0.5) is 14.5 Å². The van der Waals surface area contributed by atoms with Gasteiger partial charge < -0.3 is 5.32 Å². The maximum Gasteiger partial charge on any atom is 0.128 e. The molecular weight excluding hydrogens is 246 g/mol. The number of nitrogens with one attached hydrogen (secondary N) is 1. The van der Waals surface area contributed by atoms with E-state index in [1.165, 1.54) is 12.1 Å². The predicted octanol–water partition coefficient (Wildman–Crippen LogP) is 4.01. The van der Waals surface area contributed by atoms with E-state index in [9.17, 15) is 8.78 Å². The highest BCUT2D eigenvalue weighted by Crippen LogP contribution is 2.21. The fourth-order valence-corrected chi connectivity index (χ4v) is 1.82. The van der Waals surface area contributed by atoms with Gasteiger partial charge in [0.1, 0.15) is 11.6 Å². The zero-order valence-electron chi connectivity index (χ0n) is 10.3. The van der Waals surface area contributed by atoms with Crippen molar-refractivity contribution in [2.75, 3.05) is 5.32 Å². The van der Waals surface area contributed by atoms with Gasteiger partial charge in [-0.2, -0.15) is 5.26 Å². The Labute approximate surface area is 110 Å². The average Bonchev–Trinajstić information content (AvgIpc) is 2.37. The fourth-order valence-electron chi connectivity index (χ4n) is 1.82. The van der Waals surface area contributed by atoms with Gasteiger partial charge in [0.15, 0.2) is 0 Å². The summed E-state index contributed by atoms with van der Waals surface area (Å²) in [6.07, 6.45) is 0. The molecule has 1 unspecified atom stereocenters. The molecule has 0 aliphatic rings. The molecule has 19 heavy (non-hydrogen) atoms. The Kier molecular flexibility index (Phi) is 3.76. The van der Waals surface area contributed by atoms with E-state index in [1.807, 2.05) is 25.1 Å². The second-order valence-corrected chi connectivity index (χ2v) is 4.26. The summed E-state index contributed by atoms with van der Waals surface area (Å²) in [7, 11) is 0. The van der Waals surface area contributed by atoms with Crippen molar-refractivity contribution in [1.29, 1.82) is 5.26 Å². The van der Waals surface area contributed by atoms with Crippen LogP contribution in [-0.4, -0.2) is 0 Å². The summed E-state index contributed by atoms with van der Waals surface area (Å²) < 4.78 is 26.1. The Morgan fingerprint density at radius 1 is 1.05 bits per heavy atom. The third-order valence-electron chi connectivity index (χ3n) is 2.79. The number of nitriles is 1. The average molecular weight is 258 g/mol. The lowest BCUT2D eigenvalue weighted by Crippen LogP contribution is -2.07. The summed E-state index contributed by atoms with van der Waals surface area (Å²) in [5.41, 5.74) is 1.89. The Bertz CT molecular complexity index is 595. The quantitative estimate of drug-likeness (QED) is 0.902. The van der Waals surface area contributed by atoms with Crippen LogP contribution in [-0.2, 0) is 0 Å². The third kappa shape index (κ3) is 3.29. The number of anilines is 1. The molecule has 0 bridgehead atoms. The molecule has 0 aromatic heterocycles. The van der Waals surface area contributed by atoms with E-state index >= 15 is 0 Å². The van der Waals surface area contributed by atoms with Gasteiger partial charge in [-0.3, -0.25) is 0 Å². The molecule has 96 valence electrons. The number of hydrogen-bond acceptors (Lipinski definition) is 2. The maximum atomic E-state index is 13.1. The number of hydrogen-bond donors (Lipinski definition) is 1. The SMILES string of the molecule is CC(Nc1cc(F)cc(F)c1)c1ccc(C#N)cc1. The number of nitrogens with zero attached hydrogens (tertiary/aromatic N) is 1. The first-order valence-electron chi connectivity index (χ1n) is 5.81. The molecule has 4 heteroatoms. The predicted molar refractivity (Wildman–Crippen MR) is 69.6 cm³/mol. The second kappa shape index (κ2) is 5.49. The highest BCUT2D eigenvalue weighted by Gasteiger charge is 2.07. The first-order valence-corrected chi connectivity index (χ1v) is 5.81. The monoisotopic (exact) mass is 258 g/mol. The molecule has 0 saturated carbocycles. The van der Waals surface area contributed by atoms with Crippen LogP contribution < -0.4 is 5.32 Å². The van der Waals surface area contributed by atoms with Crippen LogP contribution in [0.1, 0.15) is 24.1 Å². The summed E-state index contributed by atoms with van der Waals surface area (Å²) in [6, 6.07) is 12.3. The van der Waals surface area contributed by atoms with E-state index in [-0.39, 0.29) is 6.04 Å². The molecule has 1 atom stereocenters. The zero-order chi connectivity index (χ0) is 13.8. The highest BCUT2D eigenvalue weighted by molar-refractivity contribution is 5.46. The minimum atomic E-state index is -0.616. The lowest BCUT2D eigenvalue weighted by Gasteiger charge is -2.16. The van der Waals surface area contributed by atoms with Gasteiger partial charge in [0.25, 0.3) is 0 Å². The molecule has 2 aromatic rings. The number of halogens is 2. The Morgan fingerprint density at radius 2 is 1.63 bits per heavy atom. The largest absolute Gasteiger partial charge is 0.378 e. The van der Waals surface area contributed by atoms with Crippen LogP contribution in [0.2, 0.25) is 0 Å². The fraction of sp³-hybridized carbons (Fsp3) is 0.133. The molecule has 0 saturated heterocycles. The van der Waals surface area contributed by atoms with Crippen molar-refractivity contribution in [2.24, 2.45) is 0 Å². The van der Waals surface area contributed by atoms with Gasteiger partial charge in [0.05, 0.1) is 11.6 Å². The van der Waals surface area contributed by atoms with Gasteiger partial charge in [-0.15, -0.1) is 0 Å². The van der Waals surface area contributed by atoms with Crippen molar-refractivity contribution in [3.8, 4) is 6.07 Å². The number of rotatable bonds is 3. The van der Waals surface area contributed by atoms with Crippen LogP contribution in [0.3, 0.4) is 0 Å². The third-order valence-corrected chi connectivity index (χ3v) is 2.79. The first kappa shape index (κ1) is 13.0. The van der Waals surface area contributed by atoms with Crippen molar-refractivity contribution in [3.63, 3.8) is 0 Å². The lowest BCUT2D eigenvalue weighted by atomic mass is 10.1.